The summed E-state index contributed by atoms with van der Waals surface area (Å²) in [5, 5.41) is 22.0. The smallest absolute Gasteiger partial charge is 0.159 e. The van der Waals surface area contributed by atoms with Crippen molar-refractivity contribution >= 4 is 46.5 Å². The SMILES string of the molecule is CN(c1ccc(C2CCN(CC3CCNCC3)CC2)c(F)c1)C1(C(=N)N(C=S)c2cnc(C#N)c(Cl)c2)CCC1. The Morgan fingerprint density at radius 2 is 1.98 bits per heavy atom. The van der Waals surface area contributed by atoms with Gasteiger partial charge in [-0.3, -0.25) is 10.3 Å². The Kier molecular flexibility index (Phi) is 9.01. The number of halogens is 2. The fraction of sp³-hybridized carbons (Fsp3) is 0.533. The van der Waals surface area contributed by atoms with E-state index >= 15 is 4.39 Å². The van der Waals surface area contributed by atoms with E-state index in [1.807, 2.05) is 30.1 Å². The second kappa shape index (κ2) is 12.5. The van der Waals surface area contributed by atoms with E-state index in [-0.39, 0.29) is 28.3 Å². The Balaban J connectivity index is 1.28. The number of benzene rings is 1. The quantitative estimate of drug-likeness (QED) is 0.234. The third kappa shape index (κ3) is 5.73. The molecule has 0 atom stereocenters. The van der Waals surface area contributed by atoms with Gasteiger partial charge in [0, 0.05) is 19.3 Å². The van der Waals surface area contributed by atoms with Crippen molar-refractivity contribution in [1.82, 2.24) is 15.2 Å². The van der Waals surface area contributed by atoms with E-state index in [0.29, 0.717) is 5.69 Å². The van der Waals surface area contributed by atoms with Gasteiger partial charge in [-0.15, -0.1) is 0 Å². The standard InChI is InChI=1S/C30H37ClFN7S/c1-37(30(9-2-10-30)29(34)39(20-40)24-15-26(31)28(17-33)36-18-24)23-3-4-25(27(32)16-23)22-7-13-38(14-8-22)19-21-5-11-35-12-6-21/h3-4,15-16,18,20-22,34-35H,2,5-14,19H2,1H3. The maximum absolute atomic E-state index is 15.6. The molecule has 2 N–H and O–H groups in total. The summed E-state index contributed by atoms with van der Waals surface area (Å²) >= 11 is 11.5. The van der Waals surface area contributed by atoms with E-state index in [2.05, 4.69) is 15.2 Å². The van der Waals surface area contributed by atoms with Gasteiger partial charge in [0.25, 0.3) is 0 Å². The van der Waals surface area contributed by atoms with E-state index < -0.39 is 5.54 Å². The lowest BCUT2D eigenvalue weighted by Gasteiger charge is -2.51. The predicted octanol–water partition coefficient (Wildman–Crippen LogP) is 5.72. The van der Waals surface area contributed by atoms with Crippen molar-refractivity contribution in [3.8, 4) is 6.07 Å². The Morgan fingerprint density at radius 3 is 2.55 bits per heavy atom. The molecule has 0 bridgehead atoms. The van der Waals surface area contributed by atoms with Gasteiger partial charge in [0.05, 0.1) is 27.9 Å². The number of hydrogen-bond acceptors (Lipinski definition) is 7. The van der Waals surface area contributed by atoms with Crippen LogP contribution in [-0.2, 0) is 0 Å². The van der Waals surface area contributed by atoms with Gasteiger partial charge < -0.3 is 15.1 Å². The normalized spacial score (nSPS) is 19.9. The average molecular weight is 582 g/mol. The van der Waals surface area contributed by atoms with Gasteiger partial charge >= 0.3 is 0 Å². The molecule has 1 aromatic carbocycles. The van der Waals surface area contributed by atoms with Crippen LogP contribution in [0.3, 0.4) is 0 Å². The molecule has 3 heterocycles. The van der Waals surface area contributed by atoms with Crippen LogP contribution in [0.15, 0.2) is 30.5 Å². The van der Waals surface area contributed by atoms with Crippen LogP contribution < -0.4 is 15.1 Å². The first-order valence-corrected chi connectivity index (χ1v) is 15.1. The molecular formula is C30H37ClFN7S. The van der Waals surface area contributed by atoms with E-state index in [9.17, 15) is 0 Å². The zero-order valence-electron chi connectivity index (χ0n) is 23.0. The number of nitriles is 1. The number of thiocarbonyl (C=S) groups is 1. The minimum Gasteiger partial charge on any atom is -0.362 e. The number of rotatable bonds is 8. The number of piperidine rings is 2. The molecule has 1 saturated carbocycles. The zero-order chi connectivity index (χ0) is 28.3. The molecule has 0 amide bonds. The summed E-state index contributed by atoms with van der Waals surface area (Å²) in [6, 6.07) is 9.13. The number of likely N-dealkylation sites (N-methyl/N-ethyl adjacent to an activating group) is 1. The van der Waals surface area contributed by atoms with Crippen molar-refractivity contribution in [2.75, 3.05) is 49.6 Å². The number of nitrogens with zero attached hydrogens (tertiary/aromatic N) is 5. The molecule has 2 aliphatic heterocycles. The molecule has 5 rings (SSSR count). The maximum Gasteiger partial charge on any atom is 0.159 e. The second-order valence-electron chi connectivity index (χ2n) is 11.4. The minimum atomic E-state index is -0.635. The van der Waals surface area contributed by atoms with Crippen molar-refractivity contribution < 1.29 is 4.39 Å². The number of pyridine rings is 1. The number of amidine groups is 1. The first-order chi connectivity index (χ1) is 19.4. The highest BCUT2D eigenvalue weighted by molar-refractivity contribution is 7.79. The van der Waals surface area contributed by atoms with Crippen molar-refractivity contribution in [2.24, 2.45) is 5.92 Å². The van der Waals surface area contributed by atoms with E-state index in [0.717, 1.165) is 82.0 Å². The molecule has 3 fully saturated rings. The second-order valence-corrected chi connectivity index (χ2v) is 12.0. The molecule has 1 aromatic heterocycles. The van der Waals surface area contributed by atoms with Gasteiger partial charge in [-0.1, -0.05) is 29.9 Å². The molecule has 3 aliphatic rings. The topological polar surface area (TPSA) is 82.3 Å². The molecule has 2 aromatic rings. The van der Waals surface area contributed by atoms with Crippen molar-refractivity contribution in [1.29, 1.82) is 10.7 Å². The Bertz CT molecular complexity index is 1280. The largest absolute Gasteiger partial charge is 0.362 e. The van der Waals surface area contributed by atoms with Crippen molar-refractivity contribution in [2.45, 2.75) is 56.4 Å². The minimum absolute atomic E-state index is 0.125. The van der Waals surface area contributed by atoms with Crippen LogP contribution in [0.1, 0.15) is 62.1 Å². The van der Waals surface area contributed by atoms with Gasteiger partial charge in [0.2, 0.25) is 0 Å². The zero-order valence-corrected chi connectivity index (χ0v) is 24.6. The molecule has 1 aliphatic carbocycles. The third-order valence-corrected chi connectivity index (χ3v) is 9.69. The van der Waals surface area contributed by atoms with Gasteiger partial charge in [-0.05, 0) is 107 Å². The summed E-state index contributed by atoms with van der Waals surface area (Å²) in [7, 11) is 1.92. The lowest BCUT2D eigenvalue weighted by molar-refractivity contribution is 0.166. The highest BCUT2D eigenvalue weighted by Crippen LogP contribution is 2.43. The lowest BCUT2D eigenvalue weighted by atomic mass is 9.73. The first kappa shape index (κ1) is 28.9. The van der Waals surface area contributed by atoms with Crippen molar-refractivity contribution in [3.63, 3.8) is 0 Å². The monoisotopic (exact) mass is 581 g/mol. The van der Waals surface area contributed by atoms with Gasteiger partial charge in [0.1, 0.15) is 17.7 Å². The molecule has 212 valence electrons. The summed E-state index contributed by atoms with van der Waals surface area (Å²) in [5.74, 6) is 1.13. The van der Waals surface area contributed by atoms with E-state index in [1.54, 1.807) is 17.0 Å². The summed E-state index contributed by atoms with van der Waals surface area (Å²) in [6.45, 7) is 5.46. The molecular weight excluding hydrogens is 545 g/mol. The number of likely N-dealkylation sites (tertiary alicyclic amines) is 1. The highest BCUT2D eigenvalue weighted by Gasteiger charge is 2.47. The van der Waals surface area contributed by atoms with E-state index in [1.165, 1.54) is 24.5 Å². The fourth-order valence-corrected chi connectivity index (χ4v) is 6.94. The van der Waals surface area contributed by atoms with Crippen molar-refractivity contribution in [3.05, 3.63) is 52.6 Å². The molecule has 10 heteroatoms. The van der Waals surface area contributed by atoms with Crippen LogP contribution in [0.4, 0.5) is 15.8 Å². The van der Waals surface area contributed by atoms with Crippen LogP contribution in [0.2, 0.25) is 5.02 Å². The van der Waals surface area contributed by atoms with Gasteiger partial charge in [-0.25, -0.2) is 9.37 Å². The summed E-state index contributed by atoms with van der Waals surface area (Å²) in [6.07, 6.45) is 8.43. The van der Waals surface area contributed by atoms with Gasteiger partial charge in [0.15, 0.2) is 5.69 Å². The Morgan fingerprint density at radius 1 is 1.25 bits per heavy atom. The van der Waals surface area contributed by atoms with Crippen LogP contribution in [-0.4, -0.2) is 66.5 Å². The molecule has 40 heavy (non-hydrogen) atoms. The maximum atomic E-state index is 15.6. The molecule has 0 spiro atoms. The summed E-state index contributed by atoms with van der Waals surface area (Å²) < 4.78 is 15.6. The molecule has 0 unspecified atom stereocenters. The summed E-state index contributed by atoms with van der Waals surface area (Å²) in [4.78, 5) is 10.3. The fourth-order valence-electron chi connectivity index (χ4n) is 6.51. The number of anilines is 2. The first-order valence-electron chi connectivity index (χ1n) is 14.2. The van der Waals surface area contributed by atoms with Crippen LogP contribution in [0, 0.1) is 28.5 Å². The highest BCUT2D eigenvalue weighted by atomic mass is 35.5. The predicted molar refractivity (Wildman–Crippen MR) is 163 cm³/mol. The summed E-state index contributed by atoms with van der Waals surface area (Å²) in [5.41, 5.74) is 2.96. The Hall–Kier alpha value is -2.64. The number of hydrogen-bond donors (Lipinski definition) is 2. The molecule has 7 nitrogen and oxygen atoms in total. The molecule has 0 radical (unpaired) electrons. The number of aromatic nitrogens is 1. The third-order valence-electron chi connectivity index (χ3n) is 9.19. The van der Waals surface area contributed by atoms with Crippen LogP contribution in [0.25, 0.3) is 0 Å². The van der Waals surface area contributed by atoms with Crippen LogP contribution in [0.5, 0.6) is 0 Å². The van der Waals surface area contributed by atoms with E-state index in [4.69, 9.17) is 34.5 Å². The van der Waals surface area contributed by atoms with Crippen LogP contribution >= 0.6 is 23.8 Å². The average Bonchev–Trinajstić information content (AvgIpc) is 2.94. The number of nitrogens with one attached hydrogen (secondary N) is 2. The molecule has 2 saturated heterocycles. The Labute approximate surface area is 246 Å². The lowest BCUT2D eigenvalue weighted by Crippen LogP contribution is -2.62. The van der Waals surface area contributed by atoms with Gasteiger partial charge in [-0.2, -0.15) is 5.26 Å².